The van der Waals surface area contributed by atoms with Crippen LogP contribution in [0.3, 0.4) is 0 Å². The van der Waals surface area contributed by atoms with Crippen LogP contribution in [0.5, 0.6) is 0 Å². The third kappa shape index (κ3) is 2.91. The molecule has 2 rings (SSSR count). The van der Waals surface area contributed by atoms with Crippen molar-refractivity contribution in [2.45, 2.75) is 12.8 Å². The number of nitrogens with zero attached hydrogens (tertiary/aromatic N) is 1. The zero-order valence-corrected chi connectivity index (χ0v) is 9.44. The molecular formula is C10H9ClN2OS. The quantitative estimate of drug-likeness (QED) is 0.838. The lowest BCUT2D eigenvalue weighted by Gasteiger charge is -1.98. The molecule has 0 fully saturated rings. The highest BCUT2D eigenvalue weighted by molar-refractivity contribution is 7.71. The minimum atomic E-state index is 0.316. The van der Waals surface area contributed by atoms with Crippen LogP contribution in [0.15, 0.2) is 28.7 Å². The molecule has 1 heterocycles. The Kier molecular flexibility index (Phi) is 3.18. The average molecular weight is 241 g/mol. The third-order valence-electron chi connectivity index (χ3n) is 2.00. The molecule has 5 heteroatoms. The Hall–Kier alpha value is -1.13. The largest absolute Gasteiger partial charge is 0.414 e. The van der Waals surface area contributed by atoms with E-state index in [1.165, 1.54) is 0 Å². The Bertz CT molecular complexity index is 506. The molecule has 0 aliphatic rings. The van der Waals surface area contributed by atoms with Crippen LogP contribution in [0.2, 0.25) is 5.02 Å². The maximum atomic E-state index is 5.87. The van der Waals surface area contributed by atoms with Crippen molar-refractivity contribution in [3.63, 3.8) is 0 Å². The van der Waals surface area contributed by atoms with Crippen LogP contribution in [0, 0.1) is 4.84 Å². The molecule has 0 aliphatic heterocycles. The van der Waals surface area contributed by atoms with Crippen LogP contribution in [0.1, 0.15) is 11.5 Å². The summed E-state index contributed by atoms with van der Waals surface area (Å²) in [5.74, 6) is 0.625. The lowest BCUT2D eigenvalue weighted by Crippen LogP contribution is -1.91. The van der Waals surface area contributed by atoms with Crippen molar-refractivity contribution >= 4 is 23.8 Å². The van der Waals surface area contributed by atoms with E-state index in [0.717, 1.165) is 17.0 Å². The van der Waals surface area contributed by atoms with E-state index in [1.54, 1.807) is 0 Å². The van der Waals surface area contributed by atoms with Gasteiger partial charge in [0.25, 0.3) is 4.84 Å². The van der Waals surface area contributed by atoms with Gasteiger partial charge in [0.05, 0.1) is 0 Å². The van der Waals surface area contributed by atoms with Crippen LogP contribution in [0.4, 0.5) is 0 Å². The second-order valence-corrected chi connectivity index (χ2v) is 3.94. The van der Waals surface area contributed by atoms with Gasteiger partial charge in [0.15, 0.2) is 0 Å². The highest BCUT2D eigenvalue weighted by Gasteiger charge is 2.01. The van der Waals surface area contributed by atoms with Gasteiger partial charge in [0.2, 0.25) is 5.89 Å². The van der Waals surface area contributed by atoms with Crippen LogP contribution in [-0.4, -0.2) is 10.2 Å². The zero-order chi connectivity index (χ0) is 10.7. The first-order valence-electron chi connectivity index (χ1n) is 4.53. The number of nitrogens with one attached hydrogen (secondary N) is 1. The minimum absolute atomic E-state index is 0.316. The molecule has 2 aromatic rings. The summed E-state index contributed by atoms with van der Waals surface area (Å²) in [5, 5.41) is 7.26. The molecule has 1 aromatic carbocycles. The summed E-state index contributed by atoms with van der Waals surface area (Å²) in [7, 11) is 0. The van der Waals surface area contributed by atoms with Crippen molar-refractivity contribution < 1.29 is 4.42 Å². The second-order valence-electron chi connectivity index (χ2n) is 3.14. The molecule has 0 unspecified atom stereocenters. The first-order chi connectivity index (χ1) is 7.24. The molecule has 78 valence electrons. The summed E-state index contributed by atoms with van der Waals surface area (Å²) in [6, 6.07) is 7.74. The predicted octanol–water partition coefficient (Wildman–Crippen LogP) is 3.17. The summed E-state index contributed by atoms with van der Waals surface area (Å²) in [5.41, 5.74) is 1.16. The molecule has 1 N–H and O–H groups in total. The van der Waals surface area contributed by atoms with Crippen molar-refractivity contribution in [2.24, 2.45) is 0 Å². The van der Waals surface area contributed by atoms with Gasteiger partial charge >= 0.3 is 0 Å². The molecule has 0 saturated heterocycles. The standard InChI is InChI=1S/C10H9ClN2OS/c11-8-3-1-2-7(6-8)4-5-9-12-13-10(15)14-9/h1-3,6H,4-5H2,(H,13,15). The number of aromatic amines is 1. The number of rotatable bonds is 3. The first-order valence-corrected chi connectivity index (χ1v) is 5.31. The number of hydrogen-bond donors (Lipinski definition) is 1. The highest BCUT2D eigenvalue weighted by atomic mass is 35.5. The van der Waals surface area contributed by atoms with Crippen molar-refractivity contribution in [3.8, 4) is 0 Å². The summed E-state index contributed by atoms with van der Waals surface area (Å²) < 4.78 is 5.15. The lowest BCUT2D eigenvalue weighted by molar-refractivity contribution is 0.480. The summed E-state index contributed by atoms with van der Waals surface area (Å²) in [6.07, 6.45) is 1.55. The fourth-order valence-electron chi connectivity index (χ4n) is 1.31. The second kappa shape index (κ2) is 4.59. The normalized spacial score (nSPS) is 10.5. The van der Waals surface area contributed by atoms with Crippen LogP contribution < -0.4 is 0 Å². The van der Waals surface area contributed by atoms with Gasteiger partial charge in [-0.1, -0.05) is 23.7 Å². The highest BCUT2D eigenvalue weighted by Crippen LogP contribution is 2.12. The van der Waals surface area contributed by atoms with Crippen molar-refractivity contribution in [3.05, 3.63) is 45.6 Å². The Balaban J connectivity index is 2.02. The van der Waals surface area contributed by atoms with E-state index < -0.39 is 0 Å². The maximum absolute atomic E-state index is 5.87. The lowest BCUT2D eigenvalue weighted by atomic mass is 10.1. The zero-order valence-electron chi connectivity index (χ0n) is 7.87. The van der Waals surface area contributed by atoms with Gasteiger partial charge in [-0.05, 0) is 36.3 Å². The maximum Gasteiger partial charge on any atom is 0.284 e. The van der Waals surface area contributed by atoms with Gasteiger partial charge < -0.3 is 4.42 Å². The van der Waals surface area contributed by atoms with Gasteiger partial charge in [-0.15, -0.1) is 5.10 Å². The molecular weight excluding hydrogens is 232 g/mol. The van der Waals surface area contributed by atoms with Gasteiger partial charge in [-0.25, -0.2) is 5.10 Å². The monoisotopic (exact) mass is 240 g/mol. The summed E-state index contributed by atoms with van der Waals surface area (Å²) >= 11 is 10.6. The number of aromatic nitrogens is 2. The van der Waals surface area contributed by atoms with Crippen molar-refractivity contribution in [1.29, 1.82) is 0 Å². The molecule has 0 saturated carbocycles. The molecule has 0 aliphatic carbocycles. The van der Waals surface area contributed by atoms with Crippen LogP contribution >= 0.6 is 23.8 Å². The number of benzene rings is 1. The van der Waals surface area contributed by atoms with Crippen LogP contribution in [-0.2, 0) is 12.8 Å². The molecule has 0 bridgehead atoms. The molecule has 0 radical (unpaired) electrons. The molecule has 0 spiro atoms. The van der Waals surface area contributed by atoms with E-state index in [2.05, 4.69) is 10.2 Å². The van der Waals surface area contributed by atoms with E-state index in [4.69, 9.17) is 28.2 Å². The molecule has 3 nitrogen and oxygen atoms in total. The van der Waals surface area contributed by atoms with Gasteiger partial charge in [0.1, 0.15) is 0 Å². The summed E-state index contributed by atoms with van der Waals surface area (Å²) in [4.78, 5) is 0.316. The van der Waals surface area contributed by atoms with Gasteiger partial charge in [-0.2, -0.15) is 0 Å². The molecule has 0 atom stereocenters. The van der Waals surface area contributed by atoms with Crippen LogP contribution in [0.25, 0.3) is 0 Å². The van der Waals surface area contributed by atoms with Crippen molar-refractivity contribution in [2.75, 3.05) is 0 Å². The first kappa shape index (κ1) is 10.4. The van der Waals surface area contributed by atoms with E-state index >= 15 is 0 Å². The van der Waals surface area contributed by atoms with E-state index in [1.807, 2.05) is 24.3 Å². The Labute approximate surface area is 97.1 Å². The fourth-order valence-corrected chi connectivity index (χ4v) is 1.67. The van der Waals surface area contributed by atoms with Gasteiger partial charge in [-0.3, -0.25) is 0 Å². The smallest absolute Gasteiger partial charge is 0.284 e. The molecule has 1 aromatic heterocycles. The molecule has 15 heavy (non-hydrogen) atoms. The Morgan fingerprint density at radius 3 is 2.93 bits per heavy atom. The summed E-state index contributed by atoms with van der Waals surface area (Å²) in [6.45, 7) is 0. The van der Waals surface area contributed by atoms with Crippen molar-refractivity contribution in [1.82, 2.24) is 10.2 Å². The number of hydrogen-bond acceptors (Lipinski definition) is 3. The van der Waals surface area contributed by atoms with E-state index in [0.29, 0.717) is 17.1 Å². The third-order valence-corrected chi connectivity index (χ3v) is 2.41. The predicted molar refractivity (Wildman–Crippen MR) is 60.5 cm³/mol. The average Bonchev–Trinajstić information content (AvgIpc) is 2.62. The number of aryl methyl sites for hydroxylation is 2. The van der Waals surface area contributed by atoms with E-state index in [9.17, 15) is 0 Å². The number of halogens is 1. The molecule has 0 amide bonds. The van der Waals surface area contributed by atoms with Gasteiger partial charge in [0, 0.05) is 11.4 Å². The number of H-pyrrole nitrogens is 1. The minimum Gasteiger partial charge on any atom is -0.414 e. The van der Waals surface area contributed by atoms with E-state index in [-0.39, 0.29) is 0 Å². The Morgan fingerprint density at radius 1 is 1.40 bits per heavy atom. The SMILES string of the molecule is S=c1[nH]nc(CCc2cccc(Cl)c2)o1. The topological polar surface area (TPSA) is 41.8 Å². The fraction of sp³-hybridized carbons (Fsp3) is 0.200. The Morgan fingerprint density at radius 2 is 2.27 bits per heavy atom.